The minimum Gasteiger partial charge on any atom is -0.392 e. The Morgan fingerprint density at radius 2 is 2.26 bits per heavy atom. The van der Waals surface area contributed by atoms with Crippen LogP contribution in [-0.4, -0.2) is 22.6 Å². The van der Waals surface area contributed by atoms with Gasteiger partial charge in [0.05, 0.1) is 11.5 Å². The first-order valence-electron chi connectivity index (χ1n) is 6.82. The summed E-state index contributed by atoms with van der Waals surface area (Å²) in [7, 11) is 0. The molecule has 1 heterocycles. The predicted molar refractivity (Wildman–Crippen MR) is 74.3 cm³/mol. The Labute approximate surface area is 113 Å². The van der Waals surface area contributed by atoms with Gasteiger partial charge in [-0.05, 0) is 31.7 Å². The molecule has 1 aliphatic heterocycles. The number of benzene rings is 1. The molecule has 0 saturated carbocycles. The van der Waals surface area contributed by atoms with E-state index in [1.807, 2.05) is 0 Å². The first-order valence-corrected chi connectivity index (χ1v) is 6.82. The first kappa shape index (κ1) is 13.8. The lowest BCUT2D eigenvalue weighted by atomic mass is 9.98. The summed E-state index contributed by atoms with van der Waals surface area (Å²) in [5, 5.41) is 20.3. The van der Waals surface area contributed by atoms with Gasteiger partial charge in [0, 0.05) is 36.0 Å². The molecular weight excluding hydrogens is 244 g/mol. The third-order valence-electron chi connectivity index (χ3n) is 3.85. The predicted octanol–water partition coefficient (Wildman–Crippen LogP) is 2.86. The van der Waals surface area contributed by atoms with E-state index in [1.54, 1.807) is 6.07 Å². The molecule has 0 bridgehead atoms. The number of aliphatic hydroxyl groups is 1. The van der Waals surface area contributed by atoms with Gasteiger partial charge in [-0.2, -0.15) is 0 Å². The fourth-order valence-electron chi connectivity index (χ4n) is 2.83. The lowest BCUT2D eigenvalue weighted by Gasteiger charge is -2.38. The van der Waals surface area contributed by atoms with E-state index in [0.29, 0.717) is 11.6 Å². The van der Waals surface area contributed by atoms with Gasteiger partial charge in [0.15, 0.2) is 0 Å². The normalized spacial score (nSPS) is 19.5. The summed E-state index contributed by atoms with van der Waals surface area (Å²) in [5.41, 5.74) is 1.63. The highest BCUT2D eigenvalue weighted by atomic mass is 16.6. The van der Waals surface area contributed by atoms with Gasteiger partial charge < -0.3 is 10.0 Å². The average molecular weight is 264 g/mol. The second-order valence-corrected chi connectivity index (χ2v) is 4.98. The Kier molecular flexibility index (Phi) is 4.37. The van der Waals surface area contributed by atoms with Gasteiger partial charge in [-0.1, -0.05) is 6.92 Å². The number of nitrogens with zero attached hydrogens (tertiary/aromatic N) is 2. The van der Waals surface area contributed by atoms with E-state index in [2.05, 4.69) is 11.8 Å². The third kappa shape index (κ3) is 2.87. The van der Waals surface area contributed by atoms with Gasteiger partial charge in [-0.25, -0.2) is 0 Å². The molecule has 0 spiro atoms. The van der Waals surface area contributed by atoms with Crippen LogP contribution in [-0.2, 0) is 6.61 Å². The van der Waals surface area contributed by atoms with Gasteiger partial charge in [-0.15, -0.1) is 0 Å². The smallest absolute Gasteiger partial charge is 0.269 e. The summed E-state index contributed by atoms with van der Waals surface area (Å²) in [6.45, 7) is 2.96. The lowest BCUT2D eigenvalue weighted by molar-refractivity contribution is -0.384. The van der Waals surface area contributed by atoms with Crippen LogP contribution in [0.5, 0.6) is 0 Å². The zero-order valence-electron chi connectivity index (χ0n) is 11.2. The number of hydrogen-bond acceptors (Lipinski definition) is 4. The fraction of sp³-hybridized carbons (Fsp3) is 0.571. The molecule has 0 amide bonds. The van der Waals surface area contributed by atoms with Crippen molar-refractivity contribution >= 4 is 11.4 Å². The Balaban J connectivity index is 2.34. The van der Waals surface area contributed by atoms with Crippen molar-refractivity contribution in [1.82, 2.24) is 0 Å². The number of anilines is 1. The molecule has 1 unspecified atom stereocenters. The largest absolute Gasteiger partial charge is 0.392 e. The van der Waals surface area contributed by atoms with E-state index in [4.69, 9.17) is 0 Å². The van der Waals surface area contributed by atoms with Crippen LogP contribution >= 0.6 is 0 Å². The van der Waals surface area contributed by atoms with Gasteiger partial charge in [0.25, 0.3) is 5.69 Å². The zero-order chi connectivity index (χ0) is 13.8. The van der Waals surface area contributed by atoms with Crippen molar-refractivity contribution in [2.75, 3.05) is 11.4 Å². The number of hydrogen-bond donors (Lipinski definition) is 1. The van der Waals surface area contributed by atoms with Crippen LogP contribution in [0.4, 0.5) is 11.4 Å². The van der Waals surface area contributed by atoms with Crippen LogP contribution in [0.15, 0.2) is 18.2 Å². The summed E-state index contributed by atoms with van der Waals surface area (Å²) >= 11 is 0. The number of nitro benzene ring substituents is 1. The molecule has 19 heavy (non-hydrogen) atoms. The van der Waals surface area contributed by atoms with Gasteiger partial charge in [0.1, 0.15) is 0 Å². The first-order chi connectivity index (χ1) is 9.17. The zero-order valence-corrected chi connectivity index (χ0v) is 11.2. The minimum absolute atomic E-state index is 0.0397. The van der Waals surface area contributed by atoms with Crippen molar-refractivity contribution in [1.29, 1.82) is 0 Å². The van der Waals surface area contributed by atoms with Crippen molar-refractivity contribution in [2.45, 2.75) is 45.3 Å². The number of rotatable bonds is 4. The van der Waals surface area contributed by atoms with E-state index < -0.39 is 4.92 Å². The van der Waals surface area contributed by atoms with Crippen LogP contribution < -0.4 is 4.90 Å². The molecule has 5 nitrogen and oxygen atoms in total. The summed E-state index contributed by atoms with van der Waals surface area (Å²) in [6, 6.07) is 5.25. The molecule has 104 valence electrons. The van der Waals surface area contributed by atoms with Gasteiger partial charge in [0.2, 0.25) is 0 Å². The molecule has 0 radical (unpaired) electrons. The second-order valence-electron chi connectivity index (χ2n) is 4.98. The average Bonchev–Trinajstić information content (AvgIpc) is 2.46. The van der Waals surface area contributed by atoms with Crippen LogP contribution in [0.1, 0.15) is 38.2 Å². The second kappa shape index (κ2) is 6.02. The Morgan fingerprint density at radius 3 is 2.89 bits per heavy atom. The molecule has 0 aliphatic carbocycles. The van der Waals surface area contributed by atoms with Crippen molar-refractivity contribution in [3.8, 4) is 0 Å². The Bertz CT molecular complexity index is 462. The minimum atomic E-state index is -0.420. The van der Waals surface area contributed by atoms with Crippen molar-refractivity contribution in [3.05, 3.63) is 33.9 Å². The molecule has 2 rings (SSSR count). The molecule has 0 aromatic heterocycles. The van der Waals surface area contributed by atoms with E-state index in [1.165, 1.54) is 18.6 Å². The van der Waals surface area contributed by atoms with Crippen LogP contribution in [0.25, 0.3) is 0 Å². The quantitative estimate of drug-likeness (QED) is 0.670. The van der Waals surface area contributed by atoms with Crippen LogP contribution in [0.2, 0.25) is 0 Å². The molecule has 5 heteroatoms. The van der Waals surface area contributed by atoms with E-state index >= 15 is 0 Å². The summed E-state index contributed by atoms with van der Waals surface area (Å²) < 4.78 is 0. The highest BCUT2D eigenvalue weighted by Gasteiger charge is 2.23. The number of piperidine rings is 1. The molecular formula is C14H20N2O3. The highest BCUT2D eigenvalue weighted by molar-refractivity contribution is 5.58. The van der Waals surface area contributed by atoms with Crippen LogP contribution in [0.3, 0.4) is 0 Å². The monoisotopic (exact) mass is 264 g/mol. The molecule has 1 aromatic rings. The maximum Gasteiger partial charge on any atom is 0.269 e. The van der Waals surface area contributed by atoms with Crippen LogP contribution in [0, 0.1) is 10.1 Å². The lowest BCUT2D eigenvalue weighted by Crippen LogP contribution is -2.39. The molecule has 1 aliphatic rings. The summed E-state index contributed by atoms with van der Waals surface area (Å²) in [4.78, 5) is 12.7. The Morgan fingerprint density at radius 1 is 1.47 bits per heavy atom. The van der Waals surface area contributed by atoms with E-state index in [-0.39, 0.29) is 12.3 Å². The molecule has 1 atom stereocenters. The number of aliphatic hydroxyl groups excluding tert-OH is 1. The maximum absolute atomic E-state index is 10.8. The third-order valence-corrected chi connectivity index (χ3v) is 3.85. The molecule has 1 aromatic carbocycles. The van der Waals surface area contributed by atoms with E-state index in [9.17, 15) is 15.2 Å². The fourth-order valence-corrected chi connectivity index (χ4v) is 2.83. The van der Waals surface area contributed by atoms with Crippen molar-refractivity contribution in [2.24, 2.45) is 0 Å². The topological polar surface area (TPSA) is 66.6 Å². The van der Waals surface area contributed by atoms with E-state index in [0.717, 1.165) is 31.5 Å². The summed E-state index contributed by atoms with van der Waals surface area (Å²) in [6.07, 6.45) is 4.58. The Hall–Kier alpha value is -1.62. The van der Waals surface area contributed by atoms with Crippen molar-refractivity contribution < 1.29 is 10.0 Å². The highest BCUT2D eigenvalue weighted by Crippen LogP contribution is 2.31. The molecule has 1 saturated heterocycles. The molecule has 1 fully saturated rings. The summed E-state index contributed by atoms with van der Waals surface area (Å²) in [5.74, 6) is 0. The number of non-ortho nitro benzene ring substituents is 1. The molecule has 1 N–H and O–H groups in total. The van der Waals surface area contributed by atoms with Crippen molar-refractivity contribution in [3.63, 3.8) is 0 Å². The van der Waals surface area contributed by atoms with Gasteiger partial charge in [-0.3, -0.25) is 10.1 Å². The van der Waals surface area contributed by atoms with Gasteiger partial charge >= 0.3 is 0 Å². The maximum atomic E-state index is 10.8. The standard InChI is InChI=1S/C14H20N2O3/c1-2-12-5-3-4-8-15(12)14-7-6-13(16(18)19)9-11(14)10-17/h6-7,9,12,17H,2-5,8,10H2,1H3. The SMILES string of the molecule is CCC1CCCCN1c1ccc([N+](=O)[O-])cc1CO. The number of nitro groups is 1.